The molecule has 0 saturated carbocycles. The van der Waals surface area contributed by atoms with Gasteiger partial charge in [0.1, 0.15) is 5.82 Å². The Bertz CT molecular complexity index is 854. The van der Waals surface area contributed by atoms with Crippen LogP contribution < -0.4 is 16.1 Å². The highest BCUT2D eigenvalue weighted by atomic mass is 16.2. The third-order valence-electron chi connectivity index (χ3n) is 4.16. The molecular weight excluding hydrogens is 292 g/mol. The molecule has 23 heavy (non-hydrogen) atoms. The fourth-order valence-electron chi connectivity index (χ4n) is 2.98. The van der Waals surface area contributed by atoms with Crippen molar-refractivity contribution in [2.45, 2.75) is 25.8 Å². The van der Waals surface area contributed by atoms with Gasteiger partial charge in [-0.2, -0.15) is 5.26 Å². The fraction of sp³-hybridized carbons (Fsp3) is 0.353. The van der Waals surface area contributed by atoms with E-state index in [-0.39, 0.29) is 12.1 Å². The number of nitriles is 1. The molecule has 1 aromatic heterocycles. The number of aromatic amines is 1. The van der Waals surface area contributed by atoms with Crippen LogP contribution in [-0.4, -0.2) is 22.6 Å². The molecule has 1 fully saturated rings. The second-order valence-electron chi connectivity index (χ2n) is 5.70. The van der Waals surface area contributed by atoms with Crippen molar-refractivity contribution in [3.8, 4) is 6.07 Å². The van der Waals surface area contributed by atoms with Crippen LogP contribution in [0.15, 0.2) is 39.9 Å². The monoisotopic (exact) mass is 310 g/mol. The minimum atomic E-state index is -0.439. The zero-order chi connectivity index (χ0) is 16.2. The van der Waals surface area contributed by atoms with Gasteiger partial charge in [0.15, 0.2) is 0 Å². The minimum absolute atomic E-state index is 0.269. The van der Waals surface area contributed by atoms with Crippen LogP contribution in [-0.2, 0) is 6.54 Å². The number of rotatable bonds is 3. The van der Waals surface area contributed by atoms with Crippen LogP contribution in [0.1, 0.15) is 30.4 Å². The molecule has 0 amide bonds. The largest absolute Gasteiger partial charge is 0.358 e. The molecule has 2 heterocycles. The summed E-state index contributed by atoms with van der Waals surface area (Å²) >= 11 is 0. The standard InChI is InChI=1S/C17H18N4O2/c18-11-13-6-2-3-7-14(13)12-21-16(10-15(22)19-17(21)23)20-8-4-1-5-9-20/h2-3,6-7,10H,1,4-5,8-9,12H2,(H,19,22,23). The number of nitrogens with one attached hydrogen (secondary N) is 1. The van der Waals surface area contributed by atoms with Crippen LogP contribution in [0.5, 0.6) is 0 Å². The Morgan fingerprint density at radius 1 is 1.13 bits per heavy atom. The first kappa shape index (κ1) is 15.1. The molecule has 1 saturated heterocycles. The number of benzene rings is 1. The summed E-state index contributed by atoms with van der Waals surface area (Å²) in [7, 11) is 0. The highest BCUT2D eigenvalue weighted by molar-refractivity contribution is 5.42. The Morgan fingerprint density at radius 3 is 2.61 bits per heavy atom. The molecule has 0 atom stereocenters. The molecule has 0 radical (unpaired) electrons. The molecule has 0 aliphatic carbocycles. The van der Waals surface area contributed by atoms with Gasteiger partial charge in [-0.25, -0.2) is 4.79 Å². The van der Waals surface area contributed by atoms with Crippen molar-refractivity contribution in [1.29, 1.82) is 5.26 Å². The Hall–Kier alpha value is -2.81. The van der Waals surface area contributed by atoms with E-state index in [1.165, 1.54) is 12.5 Å². The molecule has 1 aromatic carbocycles. The number of nitrogens with zero attached hydrogens (tertiary/aromatic N) is 3. The smallest absolute Gasteiger partial charge is 0.330 e. The van der Waals surface area contributed by atoms with E-state index in [0.717, 1.165) is 31.5 Å². The van der Waals surface area contributed by atoms with Crippen molar-refractivity contribution in [2.75, 3.05) is 18.0 Å². The predicted molar refractivity (Wildman–Crippen MR) is 87.6 cm³/mol. The van der Waals surface area contributed by atoms with E-state index in [9.17, 15) is 14.9 Å². The lowest BCUT2D eigenvalue weighted by molar-refractivity contribution is 0.556. The lowest BCUT2D eigenvalue weighted by Crippen LogP contribution is -2.39. The first-order valence-electron chi connectivity index (χ1n) is 7.76. The molecule has 0 unspecified atom stereocenters. The third kappa shape index (κ3) is 3.19. The van der Waals surface area contributed by atoms with E-state index in [2.05, 4.69) is 16.0 Å². The van der Waals surface area contributed by atoms with Crippen LogP contribution in [0.4, 0.5) is 5.82 Å². The fourth-order valence-corrected chi connectivity index (χ4v) is 2.98. The summed E-state index contributed by atoms with van der Waals surface area (Å²) in [5, 5.41) is 9.22. The number of piperidine rings is 1. The molecule has 0 spiro atoms. The van der Waals surface area contributed by atoms with Crippen LogP contribution in [0.2, 0.25) is 0 Å². The van der Waals surface area contributed by atoms with E-state index in [1.54, 1.807) is 16.7 Å². The summed E-state index contributed by atoms with van der Waals surface area (Å²) in [5.41, 5.74) is 0.476. The molecular formula is C17H18N4O2. The van der Waals surface area contributed by atoms with Gasteiger partial charge in [0, 0.05) is 19.2 Å². The van der Waals surface area contributed by atoms with Gasteiger partial charge in [0.05, 0.1) is 18.2 Å². The number of anilines is 1. The maximum absolute atomic E-state index is 12.3. The van der Waals surface area contributed by atoms with Gasteiger partial charge in [-0.05, 0) is 30.9 Å². The summed E-state index contributed by atoms with van der Waals surface area (Å²) in [6.07, 6.45) is 3.27. The topological polar surface area (TPSA) is 81.9 Å². The Morgan fingerprint density at radius 2 is 1.87 bits per heavy atom. The Labute approximate surface area is 133 Å². The number of aromatic nitrogens is 2. The summed E-state index contributed by atoms with van der Waals surface area (Å²) in [5.74, 6) is 0.631. The van der Waals surface area contributed by atoms with Crippen LogP contribution in [0, 0.1) is 11.3 Å². The van der Waals surface area contributed by atoms with Gasteiger partial charge >= 0.3 is 5.69 Å². The number of hydrogen-bond acceptors (Lipinski definition) is 4. The summed E-state index contributed by atoms with van der Waals surface area (Å²) in [4.78, 5) is 28.4. The Balaban J connectivity index is 2.06. The van der Waals surface area contributed by atoms with Gasteiger partial charge in [-0.3, -0.25) is 14.3 Å². The van der Waals surface area contributed by atoms with E-state index in [1.807, 2.05) is 12.1 Å². The molecule has 3 rings (SSSR count). The van der Waals surface area contributed by atoms with Gasteiger partial charge in [0.25, 0.3) is 5.56 Å². The van der Waals surface area contributed by atoms with E-state index >= 15 is 0 Å². The molecule has 6 heteroatoms. The summed E-state index contributed by atoms with van der Waals surface area (Å²) in [6, 6.07) is 10.8. The van der Waals surface area contributed by atoms with Crippen molar-refractivity contribution in [3.05, 3.63) is 62.3 Å². The van der Waals surface area contributed by atoms with E-state index < -0.39 is 5.69 Å². The lowest BCUT2D eigenvalue weighted by atomic mass is 10.1. The zero-order valence-electron chi connectivity index (χ0n) is 12.8. The van der Waals surface area contributed by atoms with Crippen LogP contribution >= 0.6 is 0 Å². The summed E-state index contributed by atoms with van der Waals surface area (Å²) in [6.45, 7) is 1.94. The molecule has 6 nitrogen and oxygen atoms in total. The first-order chi connectivity index (χ1) is 11.2. The highest BCUT2D eigenvalue weighted by Crippen LogP contribution is 2.19. The van der Waals surface area contributed by atoms with E-state index in [0.29, 0.717) is 11.4 Å². The van der Waals surface area contributed by atoms with E-state index in [4.69, 9.17) is 0 Å². The molecule has 118 valence electrons. The van der Waals surface area contributed by atoms with Gasteiger partial charge in [0.2, 0.25) is 0 Å². The minimum Gasteiger partial charge on any atom is -0.358 e. The van der Waals surface area contributed by atoms with Gasteiger partial charge < -0.3 is 4.90 Å². The van der Waals surface area contributed by atoms with Gasteiger partial charge in [-0.15, -0.1) is 0 Å². The predicted octanol–water partition coefficient (Wildman–Crippen LogP) is 1.45. The zero-order valence-corrected chi connectivity index (χ0v) is 12.8. The molecule has 0 bridgehead atoms. The average Bonchev–Trinajstić information content (AvgIpc) is 2.58. The maximum atomic E-state index is 12.3. The summed E-state index contributed by atoms with van der Waals surface area (Å²) < 4.78 is 1.54. The molecule has 1 aliphatic rings. The number of hydrogen-bond donors (Lipinski definition) is 1. The van der Waals surface area contributed by atoms with Crippen molar-refractivity contribution in [3.63, 3.8) is 0 Å². The normalized spacial score (nSPS) is 14.5. The van der Waals surface area contributed by atoms with Crippen LogP contribution in [0.25, 0.3) is 0 Å². The van der Waals surface area contributed by atoms with Crippen molar-refractivity contribution in [1.82, 2.24) is 9.55 Å². The second-order valence-corrected chi connectivity index (χ2v) is 5.70. The van der Waals surface area contributed by atoms with Gasteiger partial charge in [-0.1, -0.05) is 18.2 Å². The molecule has 1 N–H and O–H groups in total. The Kier molecular flexibility index (Phi) is 4.29. The second kappa shape index (κ2) is 6.53. The third-order valence-corrected chi connectivity index (χ3v) is 4.16. The molecule has 1 aliphatic heterocycles. The highest BCUT2D eigenvalue weighted by Gasteiger charge is 2.17. The van der Waals surface area contributed by atoms with Crippen molar-refractivity contribution >= 4 is 5.82 Å². The first-order valence-corrected chi connectivity index (χ1v) is 7.76. The SMILES string of the molecule is N#Cc1ccccc1Cn1c(N2CCCCC2)cc(=O)[nH]c1=O. The quantitative estimate of drug-likeness (QED) is 0.930. The van der Waals surface area contributed by atoms with Crippen molar-refractivity contribution < 1.29 is 0 Å². The average molecular weight is 310 g/mol. The lowest BCUT2D eigenvalue weighted by Gasteiger charge is -2.30. The van der Waals surface area contributed by atoms with Crippen molar-refractivity contribution in [2.24, 2.45) is 0 Å². The van der Waals surface area contributed by atoms with Crippen LogP contribution in [0.3, 0.4) is 0 Å². The number of H-pyrrole nitrogens is 1. The molecule has 2 aromatic rings. The maximum Gasteiger partial charge on any atom is 0.330 e.